The van der Waals surface area contributed by atoms with Crippen molar-refractivity contribution in [1.82, 2.24) is 10.6 Å². The van der Waals surface area contributed by atoms with Crippen molar-refractivity contribution in [3.05, 3.63) is 0 Å². The molecule has 0 aromatic heterocycles. The van der Waals surface area contributed by atoms with Crippen LogP contribution in [0.1, 0.15) is 13.3 Å². The number of aliphatic carboxylic acids is 1. The smallest absolute Gasteiger partial charge is 0.325 e. The Hall–Kier alpha value is -1.81. The molecule has 3 atom stereocenters. The molecule has 0 spiro atoms. The second-order valence-electron chi connectivity index (χ2n) is 4.09. The van der Waals surface area contributed by atoms with Gasteiger partial charge in [-0.2, -0.15) is 12.6 Å². The topological polar surface area (TPSA) is 165 Å². The van der Waals surface area contributed by atoms with Gasteiger partial charge in [0.25, 0.3) is 0 Å². The molecule has 7 N–H and O–H groups in total. The quantitative estimate of drug-likeness (QED) is 0.265. The Labute approximate surface area is 120 Å². The second-order valence-corrected chi connectivity index (χ2v) is 4.45. The van der Waals surface area contributed by atoms with Crippen LogP contribution in [0, 0.1) is 0 Å². The maximum absolute atomic E-state index is 11.8. The Morgan fingerprint density at radius 1 is 1.20 bits per heavy atom. The maximum Gasteiger partial charge on any atom is 0.325 e. The van der Waals surface area contributed by atoms with Gasteiger partial charge in [0, 0.05) is 5.75 Å². The lowest BCUT2D eigenvalue weighted by atomic mass is 10.1. The molecule has 0 heterocycles. The lowest BCUT2D eigenvalue weighted by molar-refractivity contribution is -0.141. The highest BCUT2D eigenvalue weighted by atomic mass is 32.1. The predicted molar refractivity (Wildman–Crippen MR) is 72.8 cm³/mol. The third-order valence-electron chi connectivity index (χ3n) is 2.30. The van der Waals surface area contributed by atoms with Crippen LogP contribution in [-0.2, 0) is 19.2 Å². The number of carboxylic acids is 1. The molecule has 0 fully saturated rings. The summed E-state index contributed by atoms with van der Waals surface area (Å²) in [5, 5.41) is 13.0. The van der Waals surface area contributed by atoms with Crippen LogP contribution in [0.25, 0.3) is 0 Å². The normalized spacial score (nSPS) is 14.8. The third kappa shape index (κ3) is 6.38. The van der Waals surface area contributed by atoms with Gasteiger partial charge in [0.2, 0.25) is 17.7 Å². The van der Waals surface area contributed by atoms with Crippen molar-refractivity contribution in [2.45, 2.75) is 31.5 Å². The molecule has 0 aromatic carbocycles. The molecule has 3 unspecified atom stereocenters. The molecule has 0 radical (unpaired) electrons. The molecule has 10 heteroatoms. The number of hydrogen-bond donors (Lipinski definition) is 6. The molecular weight excluding hydrogens is 288 g/mol. The van der Waals surface area contributed by atoms with E-state index in [-0.39, 0.29) is 5.75 Å². The SMILES string of the molecule is CC(NC(=O)C(CC(N)=O)NC(=O)C(N)CS)C(=O)O. The first-order chi connectivity index (χ1) is 9.18. The zero-order chi connectivity index (χ0) is 15.9. The number of hydrogen-bond acceptors (Lipinski definition) is 6. The van der Waals surface area contributed by atoms with E-state index >= 15 is 0 Å². The summed E-state index contributed by atoms with van der Waals surface area (Å²) in [7, 11) is 0. The minimum absolute atomic E-state index is 0.0439. The maximum atomic E-state index is 11.8. The highest BCUT2D eigenvalue weighted by Crippen LogP contribution is 1.96. The van der Waals surface area contributed by atoms with E-state index in [1.165, 1.54) is 6.92 Å². The number of amides is 3. The van der Waals surface area contributed by atoms with Gasteiger partial charge in [0.1, 0.15) is 12.1 Å². The number of carbonyl (C=O) groups is 4. The summed E-state index contributed by atoms with van der Waals surface area (Å²) in [6.45, 7) is 1.24. The Morgan fingerprint density at radius 2 is 1.75 bits per heavy atom. The predicted octanol–water partition coefficient (Wildman–Crippen LogP) is -2.81. The lowest BCUT2D eigenvalue weighted by Crippen LogP contribution is -2.55. The van der Waals surface area contributed by atoms with E-state index < -0.39 is 48.2 Å². The second kappa shape index (κ2) is 8.38. The Balaban J connectivity index is 4.79. The number of nitrogens with one attached hydrogen (secondary N) is 2. The molecule has 20 heavy (non-hydrogen) atoms. The van der Waals surface area contributed by atoms with Crippen molar-refractivity contribution < 1.29 is 24.3 Å². The number of primary amides is 1. The van der Waals surface area contributed by atoms with Crippen molar-refractivity contribution in [3.8, 4) is 0 Å². The standard InChI is InChI=1S/C10H18N4O5S/c1-4(10(18)19)13-9(17)6(2-7(12)15)14-8(16)5(11)3-20/h4-6,20H,2-3,11H2,1H3,(H2,12,15)(H,13,17)(H,14,16)(H,18,19). The number of nitrogens with two attached hydrogens (primary N) is 2. The van der Waals surface area contributed by atoms with Gasteiger partial charge in [-0.25, -0.2) is 0 Å². The van der Waals surface area contributed by atoms with E-state index in [1.54, 1.807) is 0 Å². The largest absolute Gasteiger partial charge is 0.480 e. The number of carboxylic acid groups (broad SMARTS) is 1. The molecule has 0 saturated heterocycles. The van der Waals surface area contributed by atoms with Crippen molar-refractivity contribution in [2.75, 3.05) is 5.75 Å². The molecule has 0 rings (SSSR count). The van der Waals surface area contributed by atoms with Gasteiger partial charge in [-0.15, -0.1) is 0 Å². The fourth-order valence-corrected chi connectivity index (χ4v) is 1.31. The van der Waals surface area contributed by atoms with E-state index in [2.05, 4.69) is 23.3 Å². The number of rotatable bonds is 8. The van der Waals surface area contributed by atoms with Crippen LogP contribution >= 0.6 is 12.6 Å². The average Bonchev–Trinajstić information content (AvgIpc) is 2.35. The van der Waals surface area contributed by atoms with Crippen LogP contribution in [0.3, 0.4) is 0 Å². The first-order valence-corrected chi connectivity index (χ1v) is 6.30. The molecule has 114 valence electrons. The summed E-state index contributed by atoms with van der Waals surface area (Å²) in [4.78, 5) is 44.9. The lowest BCUT2D eigenvalue weighted by Gasteiger charge is -2.20. The van der Waals surface area contributed by atoms with E-state index in [1.807, 2.05) is 0 Å². The Bertz CT molecular complexity index is 403. The van der Waals surface area contributed by atoms with E-state index in [9.17, 15) is 19.2 Å². The molecule has 0 aliphatic rings. The van der Waals surface area contributed by atoms with Crippen molar-refractivity contribution in [1.29, 1.82) is 0 Å². The first-order valence-electron chi connectivity index (χ1n) is 5.67. The van der Waals surface area contributed by atoms with Gasteiger partial charge < -0.3 is 27.2 Å². The summed E-state index contributed by atoms with van der Waals surface area (Å²) in [6.07, 6.45) is -0.469. The van der Waals surface area contributed by atoms with Crippen LogP contribution in [0.15, 0.2) is 0 Å². The van der Waals surface area contributed by atoms with Gasteiger partial charge in [-0.05, 0) is 6.92 Å². The van der Waals surface area contributed by atoms with Crippen molar-refractivity contribution in [3.63, 3.8) is 0 Å². The first kappa shape index (κ1) is 18.2. The Morgan fingerprint density at radius 3 is 2.15 bits per heavy atom. The monoisotopic (exact) mass is 306 g/mol. The molecule has 0 bridgehead atoms. The average molecular weight is 306 g/mol. The van der Waals surface area contributed by atoms with Gasteiger partial charge in [-0.3, -0.25) is 19.2 Å². The molecule has 0 aliphatic heterocycles. The van der Waals surface area contributed by atoms with Crippen LogP contribution in [0.2, 0.25) is 0 Å². The van der Waals surface area contributed by atoms with Gasteiger partial charge in [0.05, 0.1) is 12.5 Å². The van der Waals surface area contributed by atoms with E-state index in [4.69, 9.17) is 16.6 Å². The van der Waals surface area contributed by atoms with Gasteiger partial charge in [-0.1, -0.05) is 0 Å². The highest BCUT2D eigenvalue weighted by molar-refractivity contribution is 7.80. The van der Waals surface area contributed by atoms with Crippen LogP contribution in [0.5, 0.6) is 0 Å². The zero-order valence-corrected chi connectivity index (χ0v) is 11.7. The van der Waals surface area contributed by atoms with Crippen LogP contribution < -0.4 is 22.1 Å². The van der Waals surface area contributed by atoms with E-state index in [0.29, 0.717) is 0 Å². The third-order valence-corrected chi connectivity index (χ3v) is 2.69. The highest BCUT2D eigenvalue weighted by Gasteiger charge is 2.27. The minimum atomic E-state index is -1.28. The number of carbonyl (C=O) groups excluding carboxylic acids is 3. The van der Waals surface area contributed by atoms with Crippen molar-refractivity contribution >= 4 is 36.3 Å². The summed E-state index contributed by atoms with van der Waals surface area (Å²) < 4.78 is 0. The molecule has 0 aliphatic carbocycles. The summed E-state index contributed by atoms with van der Waals surface area (Å²) in [6, 6.07) is -3.42. The van der Waals surface area contributed by atoms with Crippen LogP contribution in [-0.4, -0.2) is 52.7 Å². The molecule has 9 nitrogen and oxygen atoms in total. The summed E-state index contributed by atoms with van der Waals surface area (Å²) >= 11 is 3.83. The number of thiol groups is 1. The van der Waals surface area contributed by atoms with Crippen LogP contribution in [0.4, 0.5) is 0 Å². The summed E-state index contributed by atoms with van der Waals surface area (Å²) in [5.74, 6) is -3.56. The van der Waals surface area contributed by atoms with E-state index in [0.717, 1.165) is 0 Å². The van der Waals surface area contributed by atoms with Gasteiger partial charge >= 0.3 is 5.97 Å². The Kier molecular flexibility index (Phi) is 7.62. The van der Waals surface area contributed by atoms with Gasteiger partial charge in [0.15, 0.2) is 0 Å². The summed E-state index contributed by atoms with van der Waals surface area (Å²) in [5.41, 5.74) is 10.4. The van der Waals surface area contributed by atoms with Crippen molar-refractivity contribution in [2.24, 2.45) is 11.5 Å². The molecule has 0 aromatic rings. The minimum Gasteiger partial charge on any atom is -0.480 e. The molecule has 3 amide bonds. The fourth-order valence-electron chi connectivity index (χ4n) is 1.15. The molecular formula is C10H18N4O5S. The zero-order valence-electron chi connectivity index (χ0n) is 10.8. The molecule has 0 saturated carbocycles. The fraction of sp³-hybridized carbons (Fsp3) is 0.600.